The first-order valence-corrected chi connectivity index (χ1v) is 4.93. The van der Waals surface area contributed by atoms with Crippen molar-refractivity contribution in [3.8, 4) is 0 Å². The minimum atomic E-state index is -1.01. The Hall–Kier alpha value is -1.36. The van der Waals surface area contributed by atoms with Crippen LogP contribution < -0.4 is 5.32 Å². The molecule has 0 aromatic carbocycles. The molecule has 1 rings (SSSR count). The maximum atomic E-state index is 10.7. The Kier molecular flexibility index (Phi) is 3.64. The first-order chi connectivity index (χ1) is 6.63. The van der Waals surface area contributed by atoms with E-state index in [4.69, 9.17) is 5.11 Å². The van der Waals surface area contributed by atoms with Gasteiger partial charge in [0.2, 0.25) is 6.41 Å². The van der Waals surface area contributed by atoms with Gasteiger partial charge in [0.25, 0.3) is 0 Å². The molecule has 0 unspecified atom stereocenters. The summed E-state index contributed by atoms with van der Waals surface area (Å²) < 4.78 is 0. The molecule has 76 valence electrons. The molecule has 5 heteroatoms. The molecule has 4 nitrogen and oxygen atoms in total. The summed E-state index contributed by atoms with van der Waals surface area (Å²) in [6.07, 6.45) is 0.756. The molecule has 2 N–H and O–H groups in total. The number of hydrogen-bond acceptors (Lipinski definition) is 3. The first-order valence-electron chi connectivity index (χ1n) is 4.11. The highest BCUT2D eigenvalue weighted by molar-refractivity contribution is 7.11. The predicted molar refractivity (Wildman–Crippen MR) is 53.4 cm³/mol. The van der Waals surface area contributed by atoms with Gasteiger partial charge in [-0.2, -0.15) is 0 Å². The summed E-state index contributed by atoms with van der Waals surface area (Å²) in [5.41, 5.74) is 0. The van der Waals surface area contributed by atoms with E-state index >= 15 is 0 Å². The molecule has 0 aliphatic rings. The van der Waals surface area contributed by atoms with Crippen molar-refractivity contribution in [1.29, 1.82) is 0 Å². The lowest BCUT2D eigenvalue weighted by Gasteiger charge is -2.08. The summed E-state index contributed by atoms with van der Waals surface area (Å²) >= 11 is 1.54. The minimum Gasteiger partial charge on any atom is -0.480 e. The fraction of sp³-hybridized carbons (Fsp3) is 0.333. The van der Waals surface area contributed by atoms with Crippen molar-refractivity contribution < 1.29 is 14.7 Å². The summed E-state index contributed by atoms with van der Waals surface area (Å²) in [5.74, 6) is -1.01. The van der Waals surface area contributed by atoms with Crippen molar-refractivity contribution in [3.05, 3.63) is 21.9 Å². The van der Waals surface area contributed by atoms with E-state index in [1.165, 1.54) is 0 Å². The summed E-state index contributed by atoms with van der Waals surface area (Å²) in [6, 6.07) is 2.98. The van der Waals surface area contributed by atoms with Crippen LogP contribution >= 0.6 is 11.3 Å². The molecule has 1 aromatic rings. The summed E-state index contributed by atoms with van der Waals surface area (Å²) in [4.78, 5) is 22.9. The van der Waals surface area contributed by atoms with Crippen LogP contribution in [-0.2, 0) is 16.0 Å². The lowest BCUT2D eigenvalue weighted by molar-refractivity contribution is -0.140. The van der Waals surface area contributed by atoms with Gasteiger partial charge in [-0.05, 0) is 19.1 Å². The molecular formula is C9H11NO3S. The molecule has 0 aliphatic heterocycles. The largest absolute Gasteiger partial charge is 0.480 e. The highest BCUT2D eigenvalue weighted by atomic mass is 32.1. The number of carbonyl (C=O) groups is 2. The molecule has 0 bridgehead atoms. The van der Waals surface area contributed by atoms with Crippen LogP contribution in [0.1, 0.15) is 9.75 Å². The number of rotatable bonds is 5. The van der Waals surface area contributed by atoms with E-state index in [2.05, 4.69) is 5.32 Å². The van der Waals surface area contributed by atoms with E-state index in [0.717, 1.165) is 9.75 Å². The number of thiophene rings is 1. The lowest BCUT2D eigenvalue weighted by Crippen LogP contribution is -2.37. The van der Waals surface area contributed by atoms with Crippen molar-refractivity contribution in [2.24, 2.45) is 0 Å². The van der Waals surface area contributed by atoms with Crippen LogP contribution in [0.4, 0.5) is 0 Å². The zero-order chi connectivity index (χ0) is 10.6. The lowest BCUT2D eigenvalue weighted by atomic mass is 10.2. The van der Waals surface area contributed by atoms with Crippen LogP contribution in [0, 0.1) is 6.92 Å². The van der Waals surface area contributed by atoms with Gasteiger partial charge in [-0.3, -0.25) is 4.79 Å². The fourth-order valence-electron chi connectivity index (χ4n) is 1.10. The van der Waals surface area contributed by atoms with E-state index in [0.29, 0.717) is 12.8 Å². The monoisotopic (exact) mass is 213 g/mol. The van der Waals surface area contributed by atoms with E-state index in [1.54, 1.807) is 11.3 Å². The summed E-state index contributed by atoms with van der Waals surface area (Å²) in [7, 11) is 0. The molecule has 1 amide bonds. The predicted octanol–water partition coefficient (Wildman–Crippen LogP) is 0.798. The fourth-order valence-corrected chi connectivity index (χ4v) is 2.03. The molecule has 1 aromatic heterocycles. The highest BCUT2D eigenvalue weighted by Gasteiger charge is 2.17. The van der Waals surface area contributed by atoms with Gasteiger partial charge in [0.05, 0.1) is 0 Å². The quantitative estimate of drug-likeness (QED) is 0.711. The third kappa shape index (κ3) is 2.85. The van der Waals surface area contributed by atoms with E-state index in [9.17, 15) is 9.59 Å². The highest BCUT2D eigenvalue weighted by Crippen LogP contribution is 2.16. The molecule has 0 aliphatic carbocycles. The molecule has 0 fully saturated rings. The maximum Gasteiger partial charge on any atom is 0.326 e. The Morgan fingerprint density at radius 1 is 1.71 bits per heavy atom. The number of amides is 1. The molecule has 1 atom stereocenters. The van der Waals surface area contributed by atoms with Crippen molar-refractivity contribution in [3.63, 3.8) is 0 Å². The summed E-state index contributed by atoms with van der Waals surface area (Å²) in [5, 5.41) is 11.0. The molecule has 1 heterocycles. The molecule has 0 saturated heterocycles. The van der Waals surface area contributed by atoms with Gasteiger partial charge in [0, 0.05) is 16.2 Å². The number of carbonyl (C=O) groups excluding carboxylic acids is 1. The average Bonchev–Trinajstić information content (AvgIpc) is 2.50. The van der Waals surface area contributed by atoms with Gasteiger partial charge >= 0.3 is 5.97 Å². The average molecular weight is 213 g/mol. The van der Waals surface area contributed by atoms with Crippen LogP contribution in [0.3, 0.4) is 0 Å². The summed E-state index contributed by atoms with van der Waals surface area (Å²) in [6.45, 7) is 1.96. The number of hydrogen-bond donors (Lipinski definition) is 2. The Balaban J connectivity index is 2.64. The zero-order valence-electron chi connectivity index (χ0n) is 7.69. The van der Waals surface area contributed by atoms with Crippen molar-refractivity contribution in [2.45, 2.75) is 19.4 Å². The number of aryl methyl sites for hydroxylation is 1. The molecule has 14 heavy (non-hydrogen) atoms. The Labute approximate surface area is 85.6 Å². The standard InChI is InChI=1S/C9H11NO3S/c1-6-2-3-7(14-6)4-8(9(12)13)10-5-11/h2-3,5,8H,4H2,1H3,(H,10,11)(H,12,13)/t8-/m0/s1. The second-order valence-electron chi connectivity index (χ2n) is 2.89. The van der Waals surface area contributed by atoms with Gasteiger partial charge in [0.15, 0.2) is 0 Å². The van der Waals surface area contributed by atoms with Crippen LogP contribution in [0.5, 0.6) is 0 Å². The van der Waals surface area contributed by atoms with Gasteiger partial charge in [0.1, 0.15) is 6.04 Å². The van der Waals surface area contributed by atoms with Gasteiger partial charge in [-0.15, -0.1) is 11.3 Å². The molecular weight excluding hydrogens is 202 g/mol. The van der Waals surface area contributed by atoms with Crippen molar-refractivity contribution in [1.82, 2.24) is 5.32 Å². The molecule has 0 radical (unpaired) electrons. The SMILES string of the molecule is Cc1ccc(C[C@H](NC=O)C(=O)O)s1. The van der Waals surface area contributed by atoms with E-state index in [-0.39, 0.29) is 0 Å². The van der Waals surface area contributed by atoms with Crippen LogP contribution in [0.15, 0.2) is 12.1 Å². The normalized spacial score (nSPS) is 12.1. The van der Waals surface area contributed by atoms with Crippen LogP contribution in [0.2, 0.25) is 0 Å². The Morgan fingerprint density at radius 2 is 2.43 bits per heavy atom. The van der Waals surface area contributed by atoms with Crippen molar-refractivity contribution >= 4 is 23.7 Å². The number of nitrogens with one attached hydrogen (secondary N) is 1. The molecule has 0 saturated carbocycles. The Bertz CT molecular complexity index is 335. The number of carboxylic acids is 1. The second-order valence-corrected chi connectivity index (χ2v) is 4.26. The maximum absolute atomic E-state index is 10.7. The zero-order valence-corrected chi connectivity index (χ0v) is 8.50. The number of aliphatic carboxylic acids is 1. The van der Waals surface area contributed by atoms with E-state index < -0.39 is 12.0 Å². The van der Waals surface area contributed by atoms with E-state index in [1.807, 2.05) is 19.1 Å². The van der Waals surface area contributed by atoms with Gasteiger partial charge < -0.3 is 10.4 Å². The van der Waals surface area contributed by atoms with Crippen molar-refractivity contribution in [2.75, 3.05) is 0 Å². The second kappa shape index (κ2) is 4.76. The Morgan fingerprint density at radius 3 is 2.86 bits per heavy atom. The van der Waals surface area contributed by atoms with Gasteiger partial charge in [-0.1, -0.05) is 0 Å². The van der Waals surface area contributed by atoms with Crippen LogP contribution in [-0.4, -0.2) is 23.5 Å². The smallest absolute Gasteiger partial charge is 0.326 e. The third-order valence-electron chi connectivity index (χ3n) is 1.77. The molecule has 0 spiro atoms. The topological polar surface area (TPSA) is 66.4 Å². The number of carboxylic acid groups (broad SMARTS) is 1. The third-order valence-corrected chi connectivity index (χ3v) is 2.79. The minimum absolute atomic E-state index is 0.340. The van der Waals surface area contributed by atoms with Crippen LogP contribution in [0.25, 0.3) is 0 Å². The first kappa shape index (κ1) is 10.7. The van der Waals surface area contributed by atoms with Gasteiger partial charge in [-0.25, -0.2) is 4.79 Å².